The molecule has 0 aliphatic rings. The van der Waals surface area contributed by atoms with Crippen molar-refractivity contribution in [1.29, 1.82) is 0 Å². The lowest BCUT2D eigenvalue weighted by molar-refractivity contribution is 0.0925. The third-order valence-electron chi connectivity index (χ3n) is 5.44. The summed E-state index contributed by atoms with van der Waals surface area (Å²) in [5.41, 5.74) is 5.76. The Bertz CT molecular complexity index is 1170. The second-order valence-corrected chi connectivity index (χ2v) is 8.39. The van der Waals surface area contributed by atoms with Crippen LogP contribution < -0.4 is 5.32 Å². The Morgan fingerprint density at radius 2 is 1.87 bits per heavy atom. The Labute approximate surface area is 184 Å². The van der Waals surface area contributed by atoms with Crippen molar-refractivity contribution in [2.75, 3.05) is 0 Å². The molecular formula is C23H24N4O3S. The van der Waals surface area contributed by atoms with E-state index in [0.29, 0.717) is 18.6 Å². The van der Waals surface area contributed by atoms with Gasteiger partial charge >= 0.3 is 0 Å². The molecule has 1 unspecified atom stereocenters. The molecule has 0 saturated carbocycles. The molecule has 0 spiro atoms. The molecule has 0 saturated heterocycles. The van der Waals surface area contributed by atoms with Gasteiger partial charge in [-0.25, -0.2) is 0 Å². The molecule has 8 heteroatoms. The average Bonchev–Trinajstić information content (AvgIpc) is 3.46. The highest BCUT2D eigenvalue weighted by molar-refractivity contribution is 7.07. The normalized spacial score (nSPS) is 12.1. The van der Waals surface area contributed by atoms with Gasteiger partial charge in [0.2, 0.25) is 0 Å². The summed E-state index contributed by atoms with van der Waals surface area (Å²) in [7, 11) is 0. The van der Waals surface area contributed by atoms with Crippen LogP contribution in [0.15, 0.2) is 44.2 Å². The second kappa shape index (κ2) is 8.85. The van der Waals surface area contributed by atoms with Gasteiger partial charge in [-0.15, -0.1) is 0 Å². The number of pyridine rings is 1. The summed E-state index contributed by atoms with van der Waals surface area (Å²) in [5.74, 6) is 1.04. The molecule has 4 aromatic heterocycles. The zero-order chi connectivity index (χ0) is 22.0. The number of aromatic nitrogens is 3. The summed E-state index contributed by atoms with van der Waals surface area (Å²) in [6.45, 7) is 7.55. The van der Waals surface area contributed by atoms with Crippen molar-refractivity contribution >= 4 is 17.2 Å². The van der Waals surface area contributed by atoms with E-state index in [1.54, 1.807) is 17.5 Å². The maximum Gasteiger partial charge on any atom is 0.274 e. The molecule has 0 aliphatic carbocycles. The third-order valence-corrected chi connectivity index (χ3v) is 6.17. The predicted octanol–water partition coefficient (Wildman–Crippen LogP) is 4.66. The van der Waals surface area contributed by atoms with E-state index in [9.17, 15) is 4.79 Å². The predicted molar refractivity (Wildman–Crippen MR) is 117 cm³/mol. The molecule has 1 N–H and O–H groups in total. The van der Waals surface area contributed by atoms with Crippen molar-refractivity contribution in [2.45, 2.75) is 46.6 Å². The van der Waals surface area contributed by atoms with Gasteiger partial charge in [-0.2, -0.15) is 11.3 Å². The van der Waals surface area contributed by atoms with Crippen LogP contribution in [0, 0.1) is 27.7 Å². The minimum atomic E-state index is -0.288. The van der Waals surface area contributed by atoms with Gasteiger partial charge in [0, 0.05) is 23.7 Å². The zero-order valence-corrected chi connectivity index (χ0v) is 18.7. The van der Waals surface area contributed by atoms with Gasteiger partial charge in [0.25, 0.3) is 5.91 Å². The van der Waals surface area contributed by atoms with Crippen molar-refractivity contribution in [1.82, 2.24) is 20.6 Å². The first-order valence-electron chi connectivity index (χ1n) is 10.0. The van der Waals surface area contributed by atoms with E-state index in [2.05, 4.69) is 32.1 Å². The summed E-state index contributed by atoms with van der Waals surface area (Å²) in [5, 5.41) is 15.3. The molecule has 0 fully saturated rings. The van der Waals surface area contributed by atoms with E-state index < -0.39 is 0 Å². The average molecular weight is 437 g/mol. The molecule has 0 aromatic carbocycles. The zero-order valence-electron chi connectivity index (χ0n) is 17.9. The largest absolute Gasteiger partial charge is 0.361 e. The highest BCUT2D eigenvalue weighted by atomic mass is 32.1. The molecule has 4 rings (SSSR count). The SMILES string of the molecule is Cc1cccnc1C(Cc1ccsc1)NC(=O)c1noc(C)c1Cc1c(C)noc1C. The summed E-state index contributed by atoms with van der Waals surface area (Å²) in [4.78, 5) is 17.8. The lowest BCUT2D eigenvalue weighted by Gasteiger charge is -2.19. The number of hydrogen-bond donors (Lipinski definition) is 1. The molecule has 1 atom stereocenters. The molecule has 1 amide bonds. The van der Waals surface area contributed by atoms with Gasteiger partial charge in [0.1, 0.15) is 11.5 Å². The van der Waals surface area contributed by atoms with Gasteiger partial charge in [-0.05, 0) is 68.1 Å². The van der Waals surface area contributed by atoms with Gasteiger partial charge in [0.15, 0.2) is 5.69 Å². The third kappa shape index (κ3) is 4.44. The van der Waals surface area contributed by atoms with Crippen LogP contribution >= 0.6 is 11.3 Å². The summed E-state index contributed by atoms with van der Waals surface area (Å²) < 4.78 is 10.7. The van der Waals surface area contributed by atoms with Crippen LogP contribution in [-0.4, -0.2) is 21.2 Å². The van der Waals surface area contributed by atoms with Crippen molar-refractivity contribution < 1.29 is 13.8 Å². The van der Waals surface area contributed by atoms with Gasteiger partial charge < -0.3 is 14.4 Å². The fourth-order valence-electron chi connectivity index (χ4n) is 3.66. The monoisotopic (exact) mass is 436 g/mol. The smallest absolute Gasteiger partial charge is 0.274 e. The van der Waals surface area contributed by atoms with Crippen LogP contribution in [0.3, 0.4) is 0 Å². The first-order valence-corrected chi connectivity index (χ1v) is 11.0. The number of amides is 1. The molecular weight excluding hydrogens is 412 g/mol. The maximum atomic E-state index is 13.3. The Morgan fingerprint density at radius 3 is 2.55 bits per heavy atom. The van der Waals surface area contributed by atoms with Crippen LogP contribution in [0.1, 0.15) is 61.7 Å². The van der Waals surface area contributed by atoms with Crippen LogP contribution in [-0.2, 0) is 12.8 Å². The fourth-order valence-corrected chi connectivity index (χ4v) is 4.34. The molecule has 0 aliphatic heterocycles. The van der Waals surface area contributed by atoms with Crippen molar-refractivity contribution in [3.63, 3.8) is 0 Å². The molecule has 31 heavy (non-hydrogen) atoms. The number of carbonyl (C=O) groups is 1. The van der Waals surface area contributed by atoms with Crippen molar-refractivity contribution in [3.05, 3.63) is 86.0 Å². The molecule has 160 valence electrons. The number of hydrogen-bond acceptors (Lipinski definition) is 7. The second-order valence-electron chi connectivity index (χ2n) is 7.61. The number of thiophene rings is 1. The quantitative estimate of drug-likeness (QED) is 0.453. The van der Waals surface area contributed by atoms with Crippen molar-refractivity contribution in [3.8, 4) is 0 Å². The minimum Gasteiger partial charge on any atom is -0.361 e. The molecule has 4 heterocycles. The van der Waals surface area contributed by atoms with Crippen LogP contribution in [0.2, 0.25) is 0 Å². The number of nitrogens with one attached hydrogen (secondary N) is 1. The van der Waals surface area contributed by atoms with Crippen LogP contribution in [0.25, 0.3) is 0 Å². The first kappa shape index (κ1) is 21.0. The van der Waals surface area contributed by atoms with E-state index in [1.807, 2.05) is 45.2 Å². The van der Waals surface area contributed by atoms with E-state index in [1.165, 1.54) is 0 Å². The van der Waals surface area contributed by atoms with E-state index >= 15 is 0 Å². The Kier molecular flexibility index (Phi) is 5.99. The summed E-state index contributed by atoms with van der Waals surface area (Å²) in [6, 6.07) is 5.67. The molecule has 4 aromatic rings. The Morgan fingerprint density at radius 1 is 1.10 bits per heavy atom. The minimum absolute atomic E-state index is 0.279. The molecule has 0 bridgehead atoms. The van der Waals surface area contributed by atoms with E-state index in [0.717, 1.165) is 39.4 Å². The number of carbonyl (C=O) groups excluding carboxylic acids is 1. The summed E-state index contributed by atoms with van der Waals surface area (Å²) in [6.07, 6.45) is 2.86. The van der Waals surface area contributed by atoms with Gasteiger partial charge in [-0.1, -0.05) is 16.4 Å². The molecule has 7 nitrogen and oxygen atoms in total. The topological polar surface area (TPSA) is 94.1 Å². The maximum absolute atomic E-state index is 13.3. The molecule has 0 radical (unpaired) electrons. The van der Waals surface area contributed by atoms with Crippen LogP contribution in [0.5, 0.6) is 0 Å². The fraction of sp³-hybridized carbons (Fsp3) is 0.304. The van der Waals surface area contributed by atoms with Gasteiger partial charge in [0.05, 0.1) is 17.4 Å². The Balaban J connectivity index is 1.63. The first-order chi connectivity index (χ1) is 14.9. The Hall–Kier alpha value is -3.26. The lowest BCUT2D eigenvalue weighted by Crippen LogP contribution is -2.32. The standard InChI is InChI=1S/C23H24N4O3S/c1-13-6-5-8-24-21(13)20(10-17-7-9-31-12-17)25-23(28)22-19(16(4)30-27-22)11-18-14(2)26-29-15(18)3/h5-9,12,20H,10-11H2,1-4H3,(H,25,28). The number of aryl methyl sites for hydroxylation is 4. The summed E-state index contributed by atoms with van der Waals surface area (Å²) >= 11 is 1.63. The number of nitrogens with zero attached hydrogens (tertiary/aromatic N) is 3. The highest BCUT2D eigenvalue weighted by Crippen LogP contribution is 2.25. The van der Waals surface area contributed by atoms with E-state index in [-0.39, 0.29) is 17.6 Å². The highest BCUT2D eigenvalue weighted by Gasteiger charge is 2.26. The van der Waals surface area contributed by atoms with Crippen LogP contribution in [0.4, 0.5) is 0 Å². The van der Waals surface area contributed by atoms with Gasteiger partial charge in [-0.3, -0.25) is 9.78 Å². The number of rotatable bonds is 7. The van der Waals surface area contributed by atoms with Crippen molar-refractivity contribution in [2.24, 2.45) is 0 Å². The van der Waals surface area contributed by atoms with E-state index in [4.69, 9.17) is 9.05 Å². The lowest BCUT2D eigenvalue weighted by atomic mass is 9.99.